The van der Waals surface area contributed by atoms with Gasteiger partial charge >= 0.3 is 0 Å². The molecule has 3 N–H and O–H groups in total. The van der Waals surface area contributed by atoms with Gasteiger partial charge in [-0.05, 0) is 23.9 Å². The highest BCUT2D eigenvalue weighted by Gasteiger charge is 2.25. The standard InChI is InChI=1S/C11H12N4S2/c1-7(9-5-12-11(16)14-9)8-3-2-4-15-10(8)6-13-17-15/h2-7,13H,1H3,(H2,12,14,16). The molecule has 1 aromatic heterocycles. The molecule has 1 aromatic rings. The second-order valence-corrected chi connectivity index (χ2v) is 5.17. The Kier molecular flexibility index (Phi) is 2.60. The number of fused-ring (bicyclic) bond motifs is 1. The normalized spacial score (nSPS) is 19.5. The Morgan fingerprint density at radius 2 is 2.35 bits per heavy atom. The van der Waals surface area contributed by atoms with Crippen LogP contribution in [-0.4, -0.2) is 14.3 Å². The van der Waals surface area contributed by atoms with Gasteiger partial charge in [0.05, 0.1) is 17.8 Å². The Morgan fingerprint density at radius 3 is 3.12 bits per heavy atom. The van der Waals surface area contributed by atoms with E-state index >= 15 is 0 Å². The van der Waals surface area contributed by atoms with E-state index in [1.54, 1.807) is 12.1 Å². The third-order valence-corrected chi connectivity index (χ3v) is 3.89. The summed E-state index contributed by atoms with van der Waals surface area (Å²) in [5, 5.41) is 0. The van der Waals surface area contributed by atoms with E-state index in [9.17, 15) is 0 Å². The van der Waals surface area contributed by atoms with Crippen LogP contribution in [0, 0.1) is 4.77 Å². The zero-order valence-corrected chi connectivity index (χ0v) is 10.9. The predicted octanol–water partition coefficient (Wildman–Crippen LogP) is 2.94. The van der Waals surface area contributed by atoms with E-state index < -0.39 is 0 Å². The first-order valence-electron chi connectivity index (χ1n) is 5.34. The molecule has 2 aliphatic rings. The number of nitrogens with zero attached hydrogens (tertiary/aromatic N) is 1. The van der Waals surface area contributed by atoms with Gasteiger partial charge in [0.2, 0.25) is 0 Å². The first kappa shape index (κ1) is 10.7. The van der Waals surface area contributed by atoms with E-state index in [1.165, 1.54) is 11.3 Å². The van der Waals surface area contributed by atoms with Crippen LogP contribution in [0.3, 0.4) is 0 Å². The van der Waals surface area contributed by atoms with Crippen molar-refractivity contribution in [2.45, 2.75) is 12.8 Å². The van der Waals surface area contributed by atoms with Crippen LogP contribution in [0.2, 0.25) is 0 Å². The van der Waals surface area contributed by atoms with Gasteiger partial charge in [0.15, 0.2) is 4.77 Å². The van der Waals surface area contributed by atoms with Gasteiger partial charge < -0.3 is 14.7 Å². The van der Waals surface area contributed by atoms with E-state index in [1.807, 2.05) is 18.6 Å². The van der Waals surface area contributed by atoms with Crippen molar-refractivity contribution >= 4 is 24.4 Å². The molecule has 88 valence electrons. The fraction of sp³-hybridized carbons (Fsp3) is 0.182. The summed E-state index contributed by atoms with van der Waals surface area (Å²) in [6.07, 6.45) is 10.2. The molecule has 2 aliphatic heterocycles. The van der Waals surface area contributed by atoms with Gasteiger partial charge in [0.1, 0.15) is 0 Å². The zero-order valence-electron chi connectivity index (χ0n) is 9.23. The topological polar surface area (TPSA) is 46.8 Å². The number of hydrogen-bond donors (Lipinski definition) is 3. The number of rotatable bonds is 2. The molecule has 0 bridgehead atoms. The van der Waals surface area contributed by atoms with Crippen LogP contribution in [0.4, 0.5) is 0 Å². The summed E-state index contributed by atoms with van der Waals surface area (Å²) in [5.74, 6) is 0.280. The predicted molar refractivity (Wildman–Crippen MR) is 72.3 cm³/mol. The molecule has 0 saturated carbocycles. The van der Waals surface area contributed by atoms with Crippen LogP contribution in [0.5, 0.6) is 0 Å². The van der Waals surface area contributed by atoms with Crippen LogP contribution < -0.4 is 4.72 Å². The average molecular weight is 264 g/mol. The summed E-state index contributed by atoms with van der Waals surface area (Å²) >= 11 is 6.63. The Morgan fingerprint density at radius 1 is 1.47 bits per heavy atom. The van der Waals surface area contributed by atoms with Crippen molar-refractivity contribution in [2.75, 3.05) is 0 Å². The van der Waals surface area contributed by atoms with Crippen molar-refractivity contribution < 1.29 is 0 Å². The fourth-order valence-electron chi connectivity index (χ4n) is 2.00. The molecule has 6 heteroatoms. The van der Waals surface area contributed by atoms with Gasteiger partial charge in [0, 0.05) is 30.2 Å². The Balaban J connectivity index is 1.96. The molecule has 0 amide bonds. The highest BCUT2D eigenvalue weighted by Crippen LogP contribution is 2.37. The summed E-state index contributed by atoms with van der Waals surface area (Å²) in [4.78, 5) is 6.18. The first-order chi connectivity index (χ1) is 8.25. The maximum atomic E-state index is 5.06. The molecule has 0 aromatic carbocycles. The number of allylic oxidation sites excluding steroid dienone is 3. The third-order valence-electron chi connectivity index (χ3n) is 2.93. The second kappa shape index (κ2) is 4.12. The van der Waals surface area contributed by atoms with E-state index in [-0.39, 0.29) is 5.92 Å². The van der Waals surface area contributed by atoms with E-state index in [0.29, 0.717) is 4.77 Å². The summed E-state index contributed by atoms with van der Waals surface area (Å²) in [7, 11) is 0. The van der Waals surface area contributed by atoms with Crippen molar-refractivity contribution in [2.24, 2.45) is 0 Å². The molecule has 0 radical (unpaired) electrons. The Bertz CT molecular complexity index is 578. The lowest BCUT2D eigenvalue weighted by Gasteiger charge is -2.23. The Labute approximate surface area is 109 Å². The van der Waals surface area contributed by atoms with Gasteiger partial charge in [-0.3, -0.25) is 4.31 Å². The summed E-state index contributed by atoms with van der Waals surface area (Å²) < 4.78 is 5.94. The minimum Gasteiger partial charge on any atom is -0.337 e. The lowest BCUT2D eigenvalue weighted by atomic mass is 9.94. The molecule has 17 heavy (non-hydrogen) atoms. The largest absolute Gasteiger partial charge is 0.337 e. The minimum absolute atomic E-state index is 0.280. The number of hydrogen-bond acceptors (Lipinski definition) is 4. The number of imidazole rings is 1. The maximum Gasteiger partial charge on any atom is 0.174 e. The molecule has 0 aliphatic carbocycles. The average Bonchev–Trinajstić information content (AvgIpc) is 2.95. The maximum absolute atomic E-state index is 5.06. The molecular weight excluding hydrogens is 252 g/mol. The van der Waals surface area contributed by atoms with Crippen molar-refractivity contribution in [3.63, 3.8) is 0 Å². The second-order valence-electron chi connectivity index (χ2n) is 3.95. The molecule has 3 heterocycles. The molecule has 0 spiro atoms. The molecule has 1 atom stereocenters. The lowest BCUT2D eigenvalue weighted by molar-refractivity contribution is 0.732. The highest BCUT2D eigenvalue weighted by atomic mass is 32.2. The number of aromatic amines is 2. The quantitative estimate of drug-likeness (QED) is 0.568. The van der Waals surface area contributed by atoms with E-state index in [2.05, 4.69) is 38.1 Å². The van der Waals surface area contributed by atoms with Crippen molar-refractivity contribution in [1.29, 1.82) is 0 Å². The molecule has 0 fully saturated rings. The van der Waals surface area contributed by atoms with Gasteiger partial charge in [0.25, 0.3) is 0 Å². The Hall–Kier alpha value is -1.40. The highest BCUT2D eigenvalue weighted by molar-refractivity contribution is 7.95. The summed E-state index contributed by atoms with van der Waals surface area (Å²) in [6, 6.07) is 0. The van der Waals surface area contributed by atoms with Crippen LogP contribution in [-0.2, 0) is 0 Å². The van der Waals surface area contributed by atoms with Gasteiger partial charge in [-0.15, -0.1) is 0 Å². The number of aromatic nitrogens is 2. The summed E-state index contributed by atoms with van der Waals surface area (Å²) in [6.45, 7) is 2.17. The minimum atomic E-state index is 0.280. The van der Waals surface area contributed by atoms with Gasteiger partial charge in [-0.2, -0.15) is 0 Å². The van der Waals surface area contributed by atoms with Gasteiger partial charge in [-0.25, -0.2) is 0 Å². The first-order valence-corrected chi connectivity index (χ1v) is 6.52. The van der Waals surface area contributed by atoms with Crippen LogP contribution in [0.25, 0.3) is 0 Å². The molecule has 1 unspecified atom stereocenters. The lowest BCUT2D eigenvalue weighted by Crippen LogP contribution is -2.13. The van der Waals surface area contributed by atoms with Crippen LogP contribution in [0.1, 0.15) is 18.5 Å². The van der Waals surface area contributed by atoms with E-state index in [4.69, 9.17) is 12.2 Å². The monoisotopic (exact) mass is 264 g/mol. The molecule has 4 nitrogen and oxygen atoms in total. The van der Waals surface area contributed by atoms with Gasteiger partial charge in [-0.1, -0.05) is 13.0 Å². The number of H-pyrrole nitrogens is 2. The molecule has 0 saturated heterocycles. The summed E-state index contributed by atoms with van der Waals surface area (Å²) in [5.41, 5.74) is 3.58. The molecular formula is C11H12N4S2. The SMILES string of the molecule is CC(C1=CC=CN2SNC=C12)c1c[nH]c(=S)[nH]1. The third kappa shape index (κ3) is 1.83. The molecule has 3 rings (SSSR count). The van der Waals surface area contributed by atoms with Crippen LogP contribution >= 0.6 is 24.4 Å². The van der Waals surface area contributed by atoms with Crippen molar-refractivity contribution in [3.8, 4) is 0 Å². The zero-order chi connectivity index (χ0) is 11.8. The van der Waals surface area contributed by atoms with Crippen LogP contribution in [0.15, 0.2) is 42.0 Å². The van der Waals surface area contributed by atoms with Crippen molar-refractivity contribution in [3.05, 3.63) is 52.5 Å². The fourth-order valence-corrected chi connectivity index (χ4v) is 2.84. The van der Waals surface area contributed by atoms with Crippen molar-refractivity contribution in [1.82, 2.24) is 19.0 Å². The smallest absolute Gasteiger partial charge is 0.174 e. The number of nitrogens with one attached hydrogen (secondary N) is 3. The van der Waals surface area contributed by atoms with E-state index in [0.717, 1.165) is 5.69 Å².